The average Bonchev–Trinajstić information content (AvgIpc) is 2.45. The molecule has 2 aromatic rings. The van der Waals surface area contributed by atoms with E-state index >= 15 is 0 Å². The van der Waals surface area contributed by atoms with Gasteiger partial charge in [-0.1, -0.05) is 18.2 Å². The van der Waals surface area contributed by atoms with Crippen molar-refractivity contribution in [2.24, 2.45) is 0 Å². The topological polar surface area (TPSA) is 50.4 Å². The summed E-state index contributed by atoms with van der Waals surface area (Å²) in [6.07, 6.45) is -4.75. The molecule has 0 aliphatic carbocycles. The Balaban J connectivity index is 1.94. The Hall–Kier alpha value is -2.70. The van der Waals surface area contributed by atoms with Crippen molar-refractivity contribution in [1.29, 1.82) is 0 Å². The van der Waals surface area contributed by atoms with E-state index in [-0.39, 0.29) is 11.3 Å². The van der Waals surface area contributed by atoms with E-state index in [1.54, 1.807) is 24.3 Å². The fourth-order valence-corrected chi connectivity index (χ4v) is 1.53. The van der Waals surface area contributed by atoms with Crippen LogP contribution in [0.2, 0.25) is 0 Å². The first-order chi connectivity index (χ1) is 9.94. The van der Waals surface area contributed by atoms with Crippen molar-refractivity contribution in [2.45, 2.75) is 6.36 Å². The summed E-state index contributed by atoms with van der Waals surface area (Å²) >= 11 is 0. The van der Waals surface area contributed by atoms with Crippen LogP contribution in [0.15, 0.2) is 54.6 Å². The number of rotatable bonds is 4. The molecule has 110 valence electrons. The standard InChI is InChI=1S/C14H11F3N2O2/c15-14(16,17)21-12-8-6-10(7-9-12)13(20)19-18-11-4-2-1-3-5-11/h1-9,18H,(H,19,20). The molecule has 0 radical (unpaired) electrons. The zero-order valence-corrected chi connectivity index (χ0v) is 10.6. The SMILES string of the molecule is O=C(NNc1ccccc1)c1ccc(OC(F)(F)F)cc1. The number of hydrogen-bond donors (Lipinski definition) is 2. The molecule has 0 unspecified atom stereocenters. The summed E-state index contributed by atoms with van der Waals surface area (Å²) in [6.45, 7) is 0. The van der Waals surface area contributed by atoms with Crippen LogP contribution in [0, 0.1) is 0 Å². The molecule has 0 fully saturated rings. The van der Waals surface area contributed by atoms with Crippen molar-refractivity contribution in [3.8, 4) is 5.75 Å². The van der Waals surface area contributed by atoms with Crippen LogP contribution in [0.3, 0.4) is 0 Å². The molecule has 0 bridgehead atoms. The number of benzene rings is 2. The van der Waals surface area contributed by atoms with Crippen molar-refractivity contribution in [1.82, 2.24) is 5.43 Å². The number of carbonyl (C=O) groups excluding carboxylic acids is 1. The highest BCUT2D eigenvalue weighted by molar-refractivity contribution is 5.94. The highest BCUT2D eigenvalue weighted by atomic mass is 19.4. The molecular formula is C14H11F3N2O2. The smallest absolute Gasteiger partial charge is 0.406 e. The first-order valence-corrected chi connectivity index (χ1v) is 5.91. The van der Waals surface area contributed by atoms with E-state index in [1.807, 2.05) is 6.07 Å². The minimum atomic E-state index is -4.75. The summed E-state index contributed by atoms with van der Waals surface area (Å²) in [5.74, 6) is -0.854. The largest absolute Gasteiger partial charge is 0.573 e. The fraction of sp³-hybridized carbons (Fsp3) is 0.0714. The van der Waals surface area contributed by atoms with Crippen LogP contribution in [0.5, 0.6) is 5.75 Å². The summed E-state index contributed by atoms with van der Waals surface area (Å²) in [6, 6.07) is 13.5. The van der Waals surface area contributed by atoms with Gasteiger partial charge in [0.15, 0.2) is 0 Å². The number of nitrogens with one attached hydrogen (secondary N) is 2. The molecule has 21 heavy (non-hydrogen) atoms. The quantitative estimate of drug-likeness (QED) is 0.851. The second-order valence-electron chi connectivity index (χ2n) is 4.02. The number of carbonyl (C=O) groups is 1. The van der Waals surface area contributed by atoms with Gasteiger partial charge in [0.25, 0.3) is 5.91 Å². The van der Waals surface area contributed by atoms with Gasteiger partial charge in [0.2, 0.25) is 0 Å². The third-order valence-corrected chi connectivity index (χ3v) is 2.44. The second kappa shape index (κ2) is 6.17. The number of ether oxygens (including phenoxy) is 1. The Morgan fingerprint density at radius 3 is 2.14 bits per heavy atom. The number of para-hydroxylation sites is 1. The van der Waals surface area contributed by atoms with Gasteiger partial charge in [-0.2, -0.15) is 0 Å². The highest BCUT2D eigenvalue weighted by Gasteiger charge is 2.31. The zero-order chi connectivity index (χ0) is 15.3. The molecule has 0 saturated heterocycles. The minimum Gasteiger partial charge on any atom is -0.406 e. The molecule has 2 rings (SSSR count). The van der Waals surface area contributed by atoms with E-state index in [2.05, 4.69) is 15.6 Å². The van der Waals surface area contributed by atoms with Gasteiger partial charge in [0.05, 0.1) is 5.69 Å². The lowest BCUT2D eigenvalue weighted by molar-refractivity contribution is -0.274. The van der Waals surface area contributed by atoms with Crippen LogP contribution < -0.4 is 15.6 Å². The lowest BCUT2D eigenvalue weighted by Gasteiger charge is -2.10. The molecule has 2 aromatic carbocycles. The summed E-state index contributed by atoms with van der Waals surface area (Å²) < 4.78 is 39.7. The maximum Gasteiger partial charge on any atom is 0.573 e. The van der Waals surface area contributed by atoms with Crippen molar-refractivity contribution >= 4 is 11.6 Å². The highest BCUT2D eigenvalue weighted by Crippen LogP contribution is 2.22. The molecule has 7 heteroatoms. The third-order valence-electron chi connectivity index (χ3n) is 2.44. The zero-order valence-electron chi connectivity index (χ0n) is 10.6. The van der Waals surface area contributed by atoms with E-state index in [0.29, 0.717) is 5.69 Å². The molecule has 0 aliphatic heterocycles. The van der Waals surface area contributed by atoms with Crippen molar-refractivity contribution in [3.05, 3.63) is 60.2 Å². The molecule has 0 saturated carbocycles. The Bertz CT molecular complexity index is 598. The van der Waals surface area contributed by atoms with Crippen LogP contribution in [0.4, 0.5) is 18.9 Å². The van der Waals surface area contributed by atoms with Gasteiger partial charge in [-0.25, -0.2) is 0 Å². The molecule has 0 atom stereocenters. The molecular weight excluding hydrogens is 285 g/mol. The number of hydrogen-bond acceptors (Lipinski definition) is 3. The molecule has 1 amide bonds. The Kier molecular flexibility index (Phi) is 4.32. The van der Waals surface area contributed by atoms with E-state index in [9.17, 15) is 18.0 Å². The van der Waals surface area contributed by atoms with Gasteiger partial charge in [-0.15, -0.1) is 13.2 Å². The number of anilines is 1. The van der Waals surface area contributed by atoms with Gasteiger partial charge in [-0.05, 0) is 36.4 Å². The molecule has 0 aliphatic rings. The molecule has 0 aromatic heterocycles. The number of hydrazine groups is 1. The number of amides is 1. The summed E-state index contributed by atoms with van der Waals surface area (Å²) in [7, 11) is 0. The van der Waals surface area contributed by atoms with E-state index in [0.717, 1.165) is 12.1 Å². The van der Waals surface area contributed by atoms with E-state index in [4.69, 9.17) is 0 Å². The molecule has 4 nitrogen and oxygen atoms in total. The number of halogens is 3. The Morgan fingerprint density at radius 1 is 0.952 bits per heavy atom. The van der Waals surface area contributed by atoms with Crippen LogP contribution in [-0.2, 0) is 0 Å². The van der Waals surface area contributed by atoms with Crippen LogP contribution >= 0.6 is 0 Å². The maximum atomic E-state index is 12.0. The van der Waals surface area contributed by atoms with Gasteiger partial charge < -0.3 is 4.74 Å². The van der Waals surface area contributed by atoms with Gasteiger partial charge in [-0.3, -0.25) is 15.6 Å². The predicted octanol–water partition coefficient (Wildman–Crippen LogP) is 3.34. The van der Waals surface area contributed by atoms with E-state index < -0.39 is 12.3 Å². The van der Waals surface area contributed by atoms with Gasteiger partial charge in [0, 0.05) is 5.56 Å². The molecule has 0 spiro atoms. The first-order valence-electron chi connectivity index (χ1n) is 5.91. The number of alkyl halides is 3. The van der Waals surface area contributed by atoms with Gasteiger partial charge in [0.1, 0.15) is 5.75 Å². The van der Waals surface area contributed by atoms with Crippen molar-refractivity contribution < 1.29 is 22.7 Å². The lowest BCUT2D eigenvalue weighted by Crippen LogP contribution is -2.29. The molecule has 2 N–H and O–H groups in total. The minimum absolute atomic E-state index is 0.202. The van der Waals surface area contributed by atoms with Crippen molar-refractivity contribution in [3.63, 3.8) is 0 Å². The molecule has 0 heterocycles. The van der Waals surface area contributed by atoms with E-state index in [1.165, 1.54) is 12.1 Å². The monoisotopic (exact) mass is 296 g/mol. The summed E-state index contributed by atoms with van der Waals surface area (Å²) in [5, 5.41) is 0. The summed E-state index contributed by atoms with van der Waals surface area (Å²) in [4.78, 5) is 11.8. The lowest BCUT2D eigenvalue weighted by atomic mass is 10.2. The van der Waals surface area contributed by atoms with Crippen molar-refractivity contribution in [2.75, 3.05) is 5.43 Å². The van der Waals surface area contributed by atoms with Gasteiger partial charge >= 0.3 is 6.36 Å². The van der Waals surface area contributed by atoms with Crippen LogP contribution in [0.1, 0.15) is 10.4 Å². The normalized spacial score (nSPS) is 10.8. The maximum absolute atomic E-state index is 12.0. The Labute approximate surface area is 118 Å². The van der Waals surface area contributed by atoms with Crippen LogP contribution in [-0.4, -0.2) is 12.3 Å². The third kappa shape index (κ3) is 4.72. The van der Waals surface area contributed by atoms with Crippen LogP contribution in [0.25, 0.3) is 0 Å². The summed E-state index contributed by atoms with van der Waals surface area (Å²) in [5.41, 5.74) is 6.00. The second-order valence-corrected chi connectivity index (χ2v) is 4.02. The predicted molar refractivity (Wildman–Crippen MR) is 70.7 cm³/mol. The Morgan fingerprint density at radius 2 is 1.57 bits per heavy atom. The fourth-order valence-electron chi connectivity index (χ4n) is 1.53. The first kappa shape index (κ1) is 14.7. The average molecular weight is 296 g/mol.